The predicted molar refractivity (Wildman–Crippen MR) is 143 cm³/mol. The van der Waals surface area contributed by atoms with Crippen molar-refractivity contribution in [3.05, 3.63) is 41.5 Å². The van der Waals surface area contributed by atoms with Crippen LogP contribution in [0.4, 0.5) is 5.69 Å². The maximum Gasteiger partial charge on any atom is 0.307 e. The lowest BCUT2D eigenvalue weighted by atomic mass is 9.78. The number of benzene rings is 2. The molecule has 2 aliphatic rings. The number of methoxy groups -OCH3 is 1. The number of carbonyl (C=O) groups is 2. The van der Waals surface area contributed by atoms with Crippen molar-refractivity contribution in [1.29, 1.82) is 0 Å². The first-order valence-corrected chi connectivity index (χ1v) is 13.5. The highest BCUT2D eigenvalue weighted by Gasteiger charge is 2.35. The molecule has 0 bridgehead atoms. The van der Waals surface area contributed by atoms with Gasteiger partial charge in [-0.3, -0.25) is 9.59 Å². The van der Waals surface area contributed by atoms with Gasteiger partial charge in [-0.05, 0) is 80.5 Å². The number of amides is 1. The van der Waals surface area contributed by atoms with Crippen molar-refractivity contribution >= 4 is 17.6 Å². The molecule has 1 amide bonds. The second-order valence-corrected chi connectivity index (χ2v) is 10.1. The van der Waals surface area contributed by atoms with E-state index in [2.05, 4.69) is 5.32 Å². The van der Waals surface area contributed by atoms with Crippen LogP contribution < -0.4 is 14.8 Å². The number of hydrogen-bond donors (Lipinski definition) is 2. The lowest BCUT2D eigenvalue weighted by molar-refractivity contribution is -0.147. The van der Waals surface area contributed by atoms with Gasteiger partial charge < -0.3 is 24.6 Å². The Kier molecular flexibility index (Phi) is 9.09. The van der Waals surface area contributed by atoms with E-state index in [4.69, 9.17) is 14.2 Å². The minimum atomic E-state index is -0.890. The summed E-state index contributed by atoms with van der Waals surface area (Å²) in [6.07, 6.45) is 7.62. The molecular formula is C30H39NO6. The van der Waals surface area contributed by atoms with Crippen molar-refractivity contribution < 1.29 is 28.9 Å². The quantitative estimate of drug-likeness (QED) is 0.387. The van der Waals surface area contributed by atoms with E-state index in [0.717, 1.165) is 59.4 Å². The summed E-state index contributed by atoms with van der Waals surface area (Å²) >= 11 is 0. The molecule has 2 atom stereocenters. The van der Waals surface area contributed by atoms with Gasteiger partial charge in [0.2, 0.25) is 5.91 Å². The van der Waals surface area contributed by atoms with Crippen LogP contribution in [0.2, 0.25) is 0 Å². The van der Waals surface area contributed by atoms with E-state index in [0.29, 0.717) is 31.7 Å². The summed E-state index contributed by atoms with van der Waals surface area (Å²) in [5.74, 6) is -0.737. The molecule has 7 heteroatoms. The number of carboxylic acid groups (broad SMARTS) is 1. The standard InChI is InChI=1S/C30H39NO6/c1-4-36-28-17-20(16-27(35-3)19(28)2)24-14-13-22(15-21(24)18-37-23-9-5-6-10-23)31-29(32)25-11-7-8-12-26(25)30(33)34/h13-17,23,25-26H,4-12,18H2,1-3H3,(H,31,32)(H,33,34)/t25-,26-/m1/s1. The number of hydrogen-bond acceptors (Lipinski definition) is 5. The van der Waals surface area contributed by atoms with Crippen molar-refractivity contribution in [2.24, 2.45) is 11.8 Å². The molecule has 2 N–H and O–H groups in total. The van der Waals surface area contributed by atoms with E-state index in [1.165, 1.54) is 12.8 Å². The van der Waals surface area contributed by atoms with Gasteiger partial charge in [0.25, 0.3) is 0 Å². The van der Waals surface area contributed by atoms with Crippen LogP contribution in [-0.4, -0.2) is 36.8 Å². The second kappa shape index (κ2) is 12.5. The Hall–Kier alpha value is -3.06. The molecule has 2 fully saturated rings. The van der Waals surface area contributed by atoms with E-state index in [1.807, 2.05) is 44.2 Å². The summed E-state index contributed by atoms with van der Waals surface area (Å²) in [6.45, 7) is 4.91. The molecule has 2 aliphatic carbocycles. The van der Waals surface area contributed by atoms with Gasteiger partial charge >= 0.3 is 5.97 Å². The normalized spacial score (nSPS) is 20.0. The molecule has 0 saturated heterocycles. The van der Waals surface area contributed by atoms with Crippen LogP contribution in [-0.2, 0) is 20.9 Å². The van der Waals surface area contributed by atoms with Gasteiger partial charge in [-0.2, -0.15) is 0 Å². The summed E-state index contributed by atoms with van der Waals surface area (Å²) in [7, 11) is 1.65. The highest BCUT2D eigenvalue weighted by Crippen LogP contribution is 2.38. The van der Waals surface area contributed by atoms with Gasteiger partial charge in [0.15, 0.2) is 0 Å². The lowest BCUT2D eigenvalue weighted by Gasteiger charge is -2.27. The van der Waals surface area contributed by atoms with E-state index in [1.54, 1.807) is 7.11 Å². The summed E-state index contributed by atoms with van der Waals surface area (Å²) in [5.41, 5.74) is 4.48. The lowest BCUT2D eigenvalue weighted by Crippen LogP contribution is -2.36. The molecule has 0 aromatic heterocycles. The molecule has 0 heterocycles. The average molecular weight is 510 g/mol. The summed E-state index contributed by atoms with van der Waals surface area (Å²) in [6, 6.07) is 9.83. The zero-order chi connectivity index (χ0) is 26.4. The minimum Gasteiger partial charge on any atom is -0.496 e. The highest BCUT2D eigenvalue weighted by atomic mass is 16.5. The third-order valence-electron chi connectivity index (χ3n) is 7.71. The van der Waals surface area contributed by atoms with E-state index < -0.39 is 17.8 Å². The van der Waals surface area contributed by atoms with Gasteiger partial charge in [0.05, 0.1) is 38.3 Å². The molecular weight excluding hydrogens is 470 g/mol. The maximum absolute atomic E-state index is 13.1. The zero-order valence-corrected chi connectivity index (χ0v) is 22.2. The van der Waals surface area contributed by atoms with Crippen LogP contribution >= 0.6 is 0 Å². The zero-order valence-electron chi connectivity index (χ0n) is 22.2. The third-order valence-corrected chi connectivity index (χ3v) is 7.71. The summed E-state index contributed by atoms with van der Waals surface area (Å²) in [4.78, 5) is 24.8. The molecule has 200 valence electrons. The van der Waals surface area contributed by atoms with Crippen LogP contribution in [0.25, 0.3) is 11.1 Å². The highest BCUT2D eigenvalue weighted by molar-refractivity contribution is 5.95. The molecule has 2 aromatic carbocycles. The van der Waals surface area contributed by atoms with Crippen molar-refractivity contribution in [1.82, 2.24) is 0 Å². The van der Waals surface area contributed by atoms with Crippen molar-refractivity contribution in [3.8, 4) is 22.6 Å². The number of aliphatic carboxylic acids is 1. The summed E-state index contributed by atoms with van der Waals surface area (Å²) < 4.78 is 17.8. The number of rotatable bonds is 10. The fourth-order valence-electron chi connectivity index (χ4n) is 5.65. The molecule has 0 radical (unpaired) electrons. The van der Waals surface area contributed by atoms with Gasteiger partial charge in [-0.15, -0.1) is 0 Å². The fourth-order valence-corrected chi connectivity index (χ4v) is 5.65. The van der Waals surface area contributed by atoms with E-state index in [9.17, 15) is 14.7 Å². The van der Waals surface area contributed by atoms with Crippen LogP contribution in [0.5, 0.6) is 11.5 Å². The van der Waals surface area contributed by atoms with Gasteiger partial charge in [-0.25, -0.2) is 0 Å². The van der Waals surface area contributed by atoms with Crippen molar-refractivity contribution in [2.45, 2.75) is 77.9 Å². The van der Waals surface area contributed by atoms with E-state index >= 15 is 0 Å². The average Bonchev–Trinajstić information content (AvgIpc) is 3.42. The first-order chi connectivity index (χ1) is 17.9. The Bertz CT molecular complexity index is 1110. The number of carbonyl (C=O) groups excluding carboxylic acids is 1. The molecule has 0 spiro atoms. The van der Waals surface area contributed by atoms with Crippen molar-refractivity contribution in [2.75, 3.05) is 19.0 Å². The molecule has 7 nitrogen and oxygen atoms in total. The van der Waals surface area contributed by atoms with Crippen LogP contribution in [0.3, 0.4) is 0 Å². The SMILES string of the molecule is CCOc1cc(-c2ccc(NC(=O)[C@@H]3CCCC[C@H]3C(=O)O)cc2COC2CCCC2)cc(OC)c1C. The molecule has 4 rings (SSSR count). The fraction of sp³-hybridized carbons (Fsp3) is 0.533. The Morgan fingerprint density at radius 2 is 1.65 bits per heavy atom. The first kappa shape index (κ1) is 27.0. The molecule has 2 saturated carbocycles. The number of ether oxygens (including phenoxy) is 3. The Morgan fingerprint density at radius 1 is 0.973 bits per heavy atom. The predicted octanol–water partition coefficient (Wildman–Crippen LogP) is 6.36. The van der Waals surface area contributed by atoms with Gasteiger partial charge in [0.1, 0.15) is 11.5 Å². The maximum atomic E-state index is 13.1. The molecule has 2 aromatic rings. The molecule has 0 aliphatic heterocycles. The van der Waals surface area contributed by atoms with Crippen molar-refractivity contribution in [3.63, 3.8) is 0 Å². The van der Waals surface area contributed by atoms with Crippen LogP contribution in [0.1, 0.15) is 69.4 Å². The number of nitrogens with one attached hydrogen (secondary N) is 1. The van der Waals surface area contributed by atoms with Crippen LogP contribution in [0.15, 0.2) is 30.3 Å². The van der Waals surface area contributed by atoms with Gasteiger partial charge in [0, 0.05) is 11.3 Å². The third kappa shape index (κ3) is 6.45. The number of anilines is 1. The first-order valence-electron chi connectivity index (χ1n) is 13.5. The topological polar surface area (TPSA) is 94.1 Å². The van der Waals surface area contributed by atoms with Crippen LogP contribution in [0, 0.1) is 18.8 Å². The second-order valence-electron chi connectivity index (χ2n) is 10.1. The molecule has 37 heavy (non-hydrogen) atoms. The van der Waals surface area contributed by atoms with E-state index in [-0.39, 0.29) is 12.0 Å². The largest absolute Gasteiger partial charge is 0.496 e. The monoisotopic (exact) mass is 509 g/mol. The Balaban J connectivity index is 1.64. The molecule has 0 unspecified atom stereocenters. The minimum absolute atomic E-state index is 0.224. The summed E-state index contributed by atoms with van der Waals surface area (Å²) in [5, 5.41) is 12.6. The smallest absolute Gasteiger partial charge is 0.307 e. The number of carboxylic acids is 1. The van der Waals surface area contributed by atoms with Gasteiger partial charge in [-0.1, -0.05) is 31.7 Å². The Morgan fingerprint density at radius 3 is 2.32 bits per heavy atom. The Labute approximate surface area is 219 Å².